The molecule has 1 heterocycles. The van der Waals surface area contributed by atoms with Crippen LogP contribution in [0.15, 0.2) is 11.3 Å². The molecule has 0 radical (unpaired) electrons. The second kappa shape index (κ2) is 8.92. The fourth-order valence-corrected chi connectivity index (χ4v) is 7.03. The summed E-state index contributed by atoms with van der Waals surface area (Å²) in [5.41, 5.74) is -0.847. The standard InChI is InChI=1S/C25H46O6Si2/c1-16-20(22(27)28-9)21(26)18-14-17(30-32(10,11)23(2,3)4)15-19(25(18,8)29-16)31-33(12,13)24(5,6)7/h17-19H,14-15H2,1-13H3/t17?,18?,19?,25-/m1/s1. The number of fused-ring (bicyclic) bond motifs is 1. The number of allylic oxidation sites excluding steroid dienone is 1. The number of rotatable bonds is 5. The monoisotopic (exact) mass is 498 g/mol. The molecule has 0 amide bonds. The van der Waals surface area contributed by atoms with E-state index in [-0.39, 0.29) is 33.6 Å². The van der Waals surface area contributed by atoms with E-state index in [2.05, 4.69) is 67.7 Å². The molecule has 2 aliphatic rings. The van der Waals surface area contributed by atoms with Crippen molar-refractivity contribution < 1.29 is 27.9 Å². The molecular formula is C25H46O6Si2. The van der Waals surface area contributed by atoms with Crippen LogP contribution in [0.25, 0.3) is 0 Å². The average molecular weight is 499 g/mol. The van der Waals surface area contributed by atoms with Crippen molar-refractivity contribution in [2.45, 2.75) is 122 Å². The van der Waals surface area contributed by atoms with Gasteiger partial charge in [-0.05, 0) is 56.5 Å². The highest BCUT2D eigenvalue weighted by atomic mass is 28.4. The van der Waals surface area contributed by atoms with Crippen LogP contribution in [-0.2, 0) is 27.9 Å². The molecule has 1 aliphatic carbocycles. The van der Waals surface area contributed by atoms with Gasteiger partial charge in [0.1, 0.15) is 16.9 Å². The van der Waals surface area contributed by atoms with Gasteiger partial charge in [-0.3, -0.25) is 4.79 Å². The highest BCUT2D eigenvalue weighted by molar-refractivity contribution is 6.74. The van der Waals surface area contributed by atoms with Crippen molar-refractivity contribution in [3.05, 3.63) is 11.3 Å². The fourth-order valence-electron chi connectivity index (χ4n) is 4.26. The summed E-state index contributed by atoms with van der Waals surface area (Å²) in [5.74, 6) is -1.08. The molecule has 1 fully saturated rings. The molecule has 0 bridgehead atoms. The van der Waals surface area contributed by atoms with E-state index < -0.39 is 34.1 Å². The lowest BCUT2D eigenvalue weighted by Gasteiger charge is -2.54. The molecule has 2 rings (SSSR count). The normalized spacial score (nSPS) is 29.5. The van der Waals surface area contributed by atoms with Gasteiger partial charge in [0.15, 0.2) is 22.4 Å². The average Bonchev–Trinajstić information content (AvgIpc) is 2.60. The zero-order valence-corrected chi connectivity index (χ0v) is 25.1. The maximum absolute atomic E-state index is 13.7. The van der Waals surface area contributed by atoms with Gasteiger partial charge in [0.05, 0.1) is 19.1 Å². The summed E-state index contributed by atoms with van der Waals surface area (Å²) < 4.78 is 25.0. The topological polar surface area (TPSA) is 71.1 Å². The van der Waals surface area contributed by atoms with Gasteiger partial charge < -0.3 is 18.3 Å². The number of hydrogen-bond acceptors (Lipinski definition) is 6. The number of carbonyl (C=O) groups is 2. The fraction of sp³-hybridized carbons (Fsp3) is 0.840. The second-order valence-electron chi connectivity index (χ2n) is 13.0. The third kappa shape index (κ3) is 5.33. The summed E-state index contributed by atoms with van der Waals surface area (Å²) in [6, 6.07) is 0. The molecule has 190 valence electrons. The molecule has 0 N–H and O–H groups in total. The van der Waals surface area contributed by atoms with Crippen LogP contribution in [0.2, 0.25) is 36.3 Å². The van der Waals surface area contributed by atoms with Crippen LogP contribution in [0.4, 0.5) is 0 Å². The van der Waals surface area contributed by atoms with Crippen LogP contribution in [-0.4, -0.2) is 53.3 Å². The van der Waals surface area contributed by atoms with Crippen molar-refractivity contribution in [1.82, 2.24) is 0 Å². The third-order valence-electron chi connectivity index (χ3n) is 8.49. The van der Waals surface area contributed by atoms with Crippen molar-refractivity contribution in [1.29, 1.82) is 0 Å². The van der Waals surface area contributed by atoms with Crippen molar-refractivity contribution in [2.75, 3.05) is 7.11 Å². The predicted octanol–water partition coefficient (Wildman–Crippen LogP) is 5.98. The van der Waals surface area contributed by atoms with Crippen LogP contribution in [0.1, 0.15) is 68.2 Å². The maximum atomic E-state index is 13.7. The lowest BCUT2D eigenvalue weighted by molar-refractivity contribution is -0.174. The molecule has 1 aliphatic heterocycles. The lowest BCUT2D eigenvalue weighted by atomic mass is 9.68. The molecule has 0 saturated heterocycles. The summed E-state index contributed by atoms with van der Waals surface area (Å²) >= 11 is 0. The molecule has 8 heteroatoms. The van der Waals surface area contributed by atoms with Crippen molar-refractivity contribution in [3.63, 3.8) is 0 Å². The molecule has 0 spiro atoms. The van der Waals surface area contributed by atoms with Crippen LogP contribution < -0.4 is 0 Å². The summed E-state index contributed by atoms with van der Waals surface area (Å²) in [7, 11) is -2.96. The Kier molecular flexibility index (Phi) is 7.64. The number of methoxy groups -OCH3 is 1. The maximum Gasteiger partial charge on any atom is 0.344 e. The minimum atomic E-state index is -2.17. The van der Waals surface area contributed by atoms with Gasteiger partial charge in [-0.15, -0.1) is 0 Å². The number of ketones is 1. The van der Waals surface area contributed by atoms with Gasteiger partial charge in [0.25, 0.3) is 0 Å². The van der Waals surface area contributed by atoms with E-state index in [0.717, 1.165) is 0 Å². The minimum absolute atomic E-state index is 0.00677. The Hall–Kier alpha value is -0.966. The molecular weight excluding hydrogens is 452 g/mol. The molecule has 4 atom stereocenters. The molecule has 33 heavy (non-hydrogen) atoms. The van der Waals surface area contributed by atoms with E-state index >= 15 is 0 Å². The molecule has 6 nitrogen and oxygen atoms in total. The smallest absolute Gasteiger partial charge is 0.344 e. The van der Waals surface area contributed by atoms with Crippen molar-refractivity contribution in [2.24, 2.45) is 5.92 Å². The summed E-state index contributed by atoms with van der Waals surface area (Å²) in [5, 5.41) is 0.0527. The summed E-state index contributed by atoms with van der Waals surface area (Å²) in [6.45, 7) is 25.8. The van der Waals surface area contributed by atoms with E-state index in [4.69, 9.17) is 18.3 Å². The first kappa shape index (κ1) is 28.3. The first-order valence-corrected chi connectivity index (χ1v) is 17.9. The first-order chi connectivity index (χ1) is 14.7. The van der Waals surface area contributed by atoms with E-state index in [9.17, 15) is 9.59 Å². The number of Topliss-reactive ketones (excluding diaryl/α,β-unsaturated/α-hetero) is 1. The highest BCUT2D eigenvalue weighted by Gasteiger charge is 2.59. The lowest BCUT2D eigenvalue weighted by Crippen LogP contribution is -2.64. The van der Waals surface area contributed by atoms with Crippen molar-refractivity contribution in [3.8, 4) is 0 Å². The van der Waals surface area contributed by atoms with Gasteiger partial charge in [0.2, 0.25) is 0 Å². The molecule has 0 aromatic rings. The number of esters is 1. The van der Waals surface area contributed by atoms with Gasteiger partial charge in [-0.25, -0.2) is 4.79 Å². The third-order valence-corrected chi connectivity index (χ3v) is 17.5. The van der Waals surface area contributed by atoms with Crippen LogP contribution in [0.5, 0.6) is 0 Å². The Bertz CT molecular complexity index is 818. The quantitative estimate of drug-likeness (QED) is 0.264. The first-order valence-electron chi connectivity index (χ1n) is 12.1. The van der Waals surface area contributed by atoms with Crippen molar-refractivity contribution >= 4 is 28.4 Å². The summed E-state index contributed by atoms with van der Waals surface area (Å²) in [4.78, 5) is 26.1. The Morgan fingerprint density at radius 3 is 1.91 bits per heavy atom. The van der Waals surface area contributed by atoms with Crippen LogP contribution in [0.3, 0.4) is 0 Å². The van der Waals surface area contributed by atoms with E-state index in [1.807, 2.05) is 6.92 Å². The molecule has 0 aromatic carbocycles. The zero-order chi connectivity index (χ0) is 25.8. The number of ether oxygens (including phenoxy) is 2. The summed E-state index contributed by atoms with van der Waals surface area (Å²) in [6.07, 6.45) is 0.723. The van der Waals surface area contributed by atoms with Gasteiger partial charge in [-0.1, -0.05) is 41.5 Å². The van der Waals surface area contributed by atoms with Gasteiger partial charge >= 0.3 is 5.97 Å². The Balaban J connectivity index is 2.54. The van der Waals surface area contributed by atoms with E-state index in [1.54, 1.807) is 6.92 Å². The number of hydrogen-bond donors (Lipinski definition) is 0. The highest BCUT2D eigenvalue weighted by Crippen LogP contribution is 2.50. The van der Waals surface area contributed by atoms with Crippen LogP contribution in [0, 0.1) is 5.92 Å². The number of carbonyl (C=O) groups excluding carboxylic acids is 2. The Labute approximate surface area is 203 Å². The Morgan fingerprint density at radius 2 is 1.45 bits per heavy atom. The van der Waals surface area contributed by atoms with Crippen LogP contribution >= 0.6 is 0 Å². The van der Waals surface area contributed by atoms with E-state index in [1.165, 1.54) is 7.11 Å². The van der Waals surface area contributed by atoms with E-state index in [0.29, 0.717) is 18.6 Å². The second-order valence-corrected chi connectivity index (χ2v) is 22.5. The zero-order valence-electron chi connectivity index (χ0n) is 23.1. The Morgan fingerprint density at radius 1 is 0.970 bits per heavy atom. The van der Waals surface area contributed by atoms with Gasteiger partial charge in [-0.2, -0.15) is 0 Å². The molecule has 1 saturated carbocycles. The SMILES string of the molecule is COC(=O)C1=C(C)O[C@@]2(C)C(O[Si](C)(C)C(C)(C)C)CC(O[Si](C)(C)C(C)(C)C)CC2C1=O. The molecule has 0 aromatic heterocycles. The predicted molar refractivity (Wildman–Crippen MR) is 136 cm³/mol. The van der Waals surface area contributed by atoms with Gasteiger partial charge in [0, 0.05) is 12.5 Å². The minimum Gasteiger partial charge on any atom is -0.488 e. The molecule has 3 unspecified atom stereocenters. The largest absolute Gasteiger partial charge is 0.488 e.